The van der Waals surface area contributed by atoms with Crippen molar-refractivity contribution in [3.05, 3.63) is 93.9 Å². The molecule has 0 unspecified atom stereocenters. The van der Waals surface area contributed by atoms with Crippen LogP contribution >= 0.6 is 11.3 Å². The molecule has 2 aromatic carbocycles. The number of rotatable bonds is 4. The van der Waals surface area contributed by atoms with Crippen LogP contribution in [0.3, 0.4) is 0 Å². The molecular weight excluding hydrogens is 336 g/mol. The maximum Gasteiger partial charge on any atom is 0.301 e. The molecule has 0 radical (unpaired) electrons. The number of ether oxygens (including phenoxy) is 1. The minimum Gasteiger partial charge on any atom is -0.450 e. The van der Waals surface area contributed by atoms with Gasteiger partial charge < -0.3 is 4.74 Å². The number of thiazole rings is 1. The largest absolute Gasteiger partial charge is 0.450 e. The molecule has 122 valence electrons. The lowest BCUT2D eigenvalue weighted by Crippen LogP contribution is -2.14. The van der Waals surface area contributed by atoms with E-state index in [1.807, 2.05) is 24.3 Å². The third-order valence-electron chi connectivity index (χ3n) is 3.61. The molecule has 0 bridgehead atoms. The lowest BCUT2D eigenvalue weighted by Gasteiger charge is -2.03. The summed E-state index contributed by atoms with van der Waals surface area (Å²) in [5.74, 6) is 0.526. The van der Waals surface area contributed by atoms with E-state index in [2.05, 4.69) is 4.98 Å². The van der Waals surface area contributed by atoms with E-state index in [9.17, 15) is 9.59 Å². The van der Waals surface area contributed by atoms with Gasteiger partial charge in [0.05, 0.1) is 11.1 Å². The van der Waals surface area contributed by atoms with Crippen molar-refractivity contribution in [2.45, 2.75) is 0 Å². The van der Waals surface area contributed by atoms with E-state index in [-0.39, 0.29) is 17.1 Å². The summed E-state index contributed by atoms with van der Waals surface area (Å²) in [5.41, 5.74) is 0.222. The van der Waals surface area contributed by atoms with Gasteiger partial charge in [-0.15, -0.1) is 0 Å². The number of ketones is 1. The zero-order valence-electron chi connectivity index (χ0n) is 13.0. The molecule has 2 heterocycles. The molecule has 0 atom stereocenters. The fraction of sp³-hybridized carbons (Fsp3) is 0. The summed E-state index contributed by atoms with van der Waals surface area (Å²) in [6, 6.07) is 18.0. The molecular formula is C19H12N2O3S. The Morgan fingerprint density at radius 3 is 2.40 bits per heavy atom. The summed E-state index contributed by atoms with van der Waals surface area (Å²) in [4.78, 5) is 30.3. The number of nitrogens with zero attached hydrogens (tertiary/aromatic N) is 2. The Balaban J connectivity index is 1.73. The molecule has 0 aliphatic rings. The lowest BCUT2D eigenvalue weighted by atomic mass is 10.1. The first-order valence-corrected chi connectivity index (χ1v) is 8.38. The van der Waals surface area contributed by atoms with Gasteiger partial charge in [-0.1, -0.05) is 59.9 Å². The zero-order valence-corrected chi connectivity index (χ0v) is 13.8. The van der Waals surface area contributed by atoms with E-state index >= 15 is 0 Å². The lowest BCUT2D eigenvalue weighted by molar-refractivity contribution is 0.104. The number of para-hydroxylation sites is 1. The van der Waals surface area contributed by atoms with Crippen LogP contribution in [0.25, 0.3) is 4.96 Å². The van der Waals surface area contributed by atoms with Crippen molar-refractivity contribution in [1.82, 2.24) is 9.38 Å². The topological polar surface area (TPSA) is 60.7 Å². The van der Waals surface area contributed by atoms with Crippen molar-refractivity contribution in [3.63, 3.8) is 0 Å². The van der Waals surface area contributed by atoms with E-state index < -0.39 is 0 Å². The monoisotopic (exact) mass is 348 g/mol. The summed E-state index contributed by atoms with van der Waals surface area (Å²) in [6.07, 6.45) is 2.90. The van der Waals surface area contributed by atoms with E-state index in [0.29, 0.717) is 21.2 Å². The van der Waals surface area contributed by atoms with Crippen LogP contribution < -0.4 is 10.3 Å². The SMILES string of the molecule is O=C(c1ccccc1)c1cn2c(=O)c(Oc3ccccc3)cnc2s1. The van der Waals surface area contributed by atoms with Crippen LogP contribution in [-0.4, -0.2) is 15.2 Å². The fourth-order valence-corrected chi connectivity index (χ4v) is 3.30. The second-order valence-corrected chi connectivity index (χ2v) is 6.29. The number of aromatic nitrogens is 2. The van der Waals surface area contributed by atoms with Gasteiger partial charge >= 0.3 is 5.56 Å². The number of benzene rings is 2. The molecule has 4 aromatic rings. The van der Waals surface area contributed by atoms with Crippen molar-refractivity contribution in [2.75, 3.05) is 0 Å². The van der Waals surface area contributed by atoms with Crippen LogP contribution in [-0.2, 0) is 0 Å². The standard InChI is InChI=1S/C19H12N2O3S/c22-17(13-7-3-1-4-8-13)16-12-21-18(23)15(11-20-19(21)25-16)24-14-9-5-2-6-10-14/h1-12H. The third-order valence-corrected chi connectivity index (χ3v) is 4.60. The highest BCUT2D eigenvalue weighted by atomic mass is 32.1. The highest BCUT2D eigenvalue weighted by Crippen LogP contribution is 2.21. The molecule has 25 heavy (non-hydrogen) atoms. The summed E-state index contributed by atoms with van der Waals surface area (Å²) >= 11 is 1.18. The number of fused-ring (bicyclic) bond motifs is 1. The van der Waals surface area contributed by atoms with Gasteiger partial charge in [-0.2, -0.15) is 0 Å². The van der Waals surface area contributed by atoms with Gasteiger partial charge in [0.15, 0.2) is 4.96 Å². The predicted molar refractivity (Wildman–Crippen MR) is 95.7 cm³/mol. The van der Waals surface area contributed by atoms with Crippen LogP contribution in [0, 0.1) is 0 Å². The first-order valence-electron chi connectivity index (χ1n) is 7.56. The number of hydrogen-bond acceptors (Lipinski definition) is 5. The first kappa shape index (κ1) is 15.3. The third kappa shape index (κ3) is 2.95. The molecule has 2 aromatic heterocycles. The van der Waals surface area contributed by atoms with Gasteiger partial charge in [-0.25, -0.2) is 4.98 Å². The number of carbonyl (C=O) groups is 1. The fourth-order valence-electron chi connectivity index (χ4n) is 2.39. The highest BCUT2D eigenvalue weighted by Gasteiger charge is 2.16. The van der Waals surface area contributed by atoms with Crippen LogP contribution in [0.5, 0.6) is 11.5 Å². The quantitative estimate of drug-likeness (QED) is 0.527. The molecule has 0 aliphatic heterocycles. The Bertz CT molecular complexity index is 1100. The van der Waals surface area contributed by atoms with Crippen molar-refractivity contribution in [3.8, 4) is 11.5 Å². The van der Waals surface area contributed by atoms with E-state index in [4.69, 9.17) is 4.74 Å². The maximum atomic E-state index is 12.6. The maximum absolute atomic E-state index is 12.6. The van der Waals surface area contributed by atoms with Gasteiger partial charge in [-0.3, -0.25) is 14.0 Å². The molecule has 0 aliphatic carbocycles. The number of carbonyl (C=O) groups excluding carboxylic acids is 1. The van der Waals surface area contributed by atoms with Crippen molar-refractivity contribution in [1.29, 1.82) is 0 Å². The van der Waals surface area contributed by atoms with Crippen LogP contribution in [0.2, 0.25) is 0 Å². The molecule has 0 fully saturated rings. The second kappa shape index (κ2) is 6.33. The minimum absolute atomic E-state index is 0.111. The van der Waals surface area contributed by atoms with Crippen LogP contribution in [0.15, 0.2) is 77.9 Å². The van der Waals surface area contributed by atoms with Gasteiger partial charge in [0.2, 0.25) is 11.5 Å². The van der Waals surface area contributed by atoms with Gasteiger partial charge in [0, 0.05) is 11.8 Å². The van der Waals surface area contributed by atoms with Gasteiger partial charge in [0.25, 0.3) is 0 Å². The van der Waals surface area contributed by atoms with E-state index in [1.165, 1.54) is 28.1 Å². The zero-order chi connectivity index (χ0) is 17.2. The number of hydrogen-bond donors (Lipinski definition) is 0. The summed E-state index contributed by atoms with van der Waals surface area (Å²) < 4.78 is 6.94. The summed E-state index contributed by atoms with van der Waals surface area (Å²) in [6.45, 7) is 0. The highest BCUT2D eigenvalue weighted by molar-refractivity contribution is 7.19. The van der Waals surface area contributed by atoms with Crippen LogP contribution in [0.4, 0.5) is 0 Å². The normalized spacial score (nSPS) is 10.7. The average molecular weight is 348 g/mol. The minimum atomic E-state index is -0.350. The molecule has 4 rings (SSSR count). The van der Waals surface area contributed by atoms with E-state index in [0.717, 1.165) is 0 Å². The molecule has 0 saturated heterocycles. The summed E-state index contributed by atoms with van der Waals surface area (Å²) in [7, 11) is 0. The first-order chi connectivity index (χ1) is 12.2. The molecule has 0 saturated carbocycles. The van der Waals surface area contributed by atoms with Crippen LogP contribution in [0.1, 0.15) is 15.2 Å². The molecule has 0 spiro atoms. The Labute approximate surface area is 146 Å². The van der Waals surface area contributed by atoms with E-state index in [1.54, 1.807) is 36.4 Å². The smallest absolute Gasteiger partial charge is 0.301 e. The average Bonchev–Trinajstić information content (AvgIpc) is 3.10. The summed E-state index contributed by atoms with van der Waals surface area (Å²) in [5, 5.41) is 0. The Hall–Kier alpha value is -3.25. The predicted octanol–water partition coefficient (Wildman–Crippen LogP) is 3.78. The van der Waals surface area contributed by atoms with Crippen molar-refractivity contribution in [2.24, 2.45) is 0 Å². The molecule has 6 heteroatoms. The molecule has 0 N–H and O–H groups in total. The van der Waals surface area contributed by atoms with Gasteiger partial charge in [0.1, 0.15) is 5.75 Å². The Morgan fingerprint density at radius 1 is 1.00 bits per heavy atom. The van der Waals surface area contributed by atoms with Gasteiger partial charge in [-0.05, 0) is 12.1 Å². The Kier molecular flexibility index (Phi) is 3.87. The second-order valence-electron chi connectivity index (χ2n) is 5.29. The molecule has 0 amide bonds. The Morgan fingerprint density at radius 2 is 1.68 bits per heavy atom. The van der Waals surface area contributed by atoms with Crippen molar-refractivity contribution >= 4 is 22.1 Å². The van der Waals surface area contributed by atoms with Crippen molar-refractivity contribution < 1.29 is 9.53 Å². The molecule has 5 nitrogen and oxygen atoms in total.